The van der Waals surface area contributed by atoms with Crippen molar-refractivity contribution in [1.29, 1.82) is 0 Å². The van der Waals surface area contributed by atoms with E-state index in [1.54, 1.807) is 0 Å². The van der Waals surface area contributed by atoms with Gasteiger partial charge in [0.1, 0.15) is 18.1 Å². The highest BCUT2D eigenvalue weighted by Crippen LogP contribution is 2.07. The maximum absolute atomic E-state index is 12.7. The molecule has 0 heterocycles. The van der Waals surface area contributed by atoms with E-state index in [-0.39, 0.29) is 31.3 Å². The summed E-state index contributed by atoms with van der Waals surface area (Å²) in [7, 11) is 0. The van der Waals surface area contributed by atoms with Crippen molar-refractivity contribution >= 4 is 29.7 Å². The highest BCUT2D eigenvalue weighted by Gasteiger charge is 2.30. The number of aliphatic carboxylic acids is 1. The molecular weight excluding hydrogens is 426 g/mol. The van der Waals surface area contributed by atoms with E-state index in [1.807, 2.05) is 19.2 Å². The van der Waals surface area contributed by atoms with Crippen molar-refractivity contribution in [2.75, 3.05) is 19.8 Å². The molecule has 14 heteroatoms. The fourth-order valence-electron chi connectivity index (χ4n) is 2.56. The van der Waals surface area contributed by atoms with Gasteiger partial charge >= 0.3 is 5.97 Å². The van der Waals surface area contributed by atoms with Gasteiger partial charge in [0.2, 0.25) is 17.7 Å². The molecule has 0 aromatic rings. The molecule has 12 N–H and O–H groups in total. The topological polar surface area (TPSA) is 255 Å². The van der Waals surface area contributed by atoms with Crippen LogP contribution in [0.3, 0.4) is 0 Å². The van der Waals surface area contributed by atoms with Crippen LogP contribution in [0.1, 0.15) is 33.1 Å². The van der Waals surface area contributed by atoms with E-state index < -0.39 is 61.1 Å². The average Bonchev–Trinajstić information content (AvgIpc) is 2.71. The summed E-state index contributed by atoms with van der Waals surface area (Å²) >= 11 is 0. The third-order valence-electron chi connectivity index (χ3n) is 4.26. The van der Waals surface area contributed by atoms with Crippen LogP contribution >= 0.6 is 0 Å². The van der Waals surface area contributed by atoms with Crippen LogP contribution in [0.25, 0.3) is 0 Å². The van der Waals surface area contributed by atoms with Gasteiger partial charge in [-0.1, -0.05) is 13.8 Å². The van der Waals surface area contributed by atoms with Crippen molar-refractivity contribution in [3.63, 3.8) is 0 Å². The number of guanidine groups is 1. The van der Waals surface area contributed by atoms with E-state index in [1.165, 1.54) is 0 Å². The number of aliphatic imine (C=N–C) groups is 1. The second-order valence-corrected chi connectivity index (χ2v) is 7.57. The summed E-state index contributed by atoms with van der Waals surface area (Å²) in [5.74, 6) is -3.93. The lowest BCUT2D eigenvalue weighted by atomic mass is 10.0. The quantitative estimate of drug-likeness (QED) is 0.0647. The van der Waals surface area contributed by atoms with Crippen LogP contribution in [-0.4, -0.2) is 88.9 Å². The SMILES string of the molecule is CC(C)CC(NC(=O)C(N)CCCN=C(N)N)C(=O)NC(CO)C(=O)NC(CO)C(=O)O. The maximum atomic E-state index is 12.7. The molecule has 14 nitrogen and oxygen atoms in total. The van der Waals surface area contributed by atoms with Crippen LogP contribution in [-0.2, 0) is 19.2 Å². The molecule has 0 radical (unpaired) electrons. The van der Waals surface area contributed by atoms with E-state index in [0.717, 1.165) is 0 Å². The van der Waals surface area contributed by atoms with Crippen molar-refractivity contribution in [3.05, 3.63) is 0 Å². The van der Waals surface area contributed by atoms with E-state index in [0.29, 0.717) is 6.42 Å². The third-order valence-corrected chi connectivity index (χ3v) is 4.26. The predicted octanol–water partition coefficient (Wildman–Crippen LogP) is -4.06. The zero-order chi connectivity index (χ0) is 24.8. The highest BCUT2D eigenvalue weighted by atomic mass is 16.4. The molecule has 0 saturated carbocycles. The van der Waals surface area contributed by atoms with E-state index >= 15 is 0 Å². The Labute approximate surface area is 186 Å². The lowest BCUT2D eigenvalue weighted by molar-refractivity contribution is -0.143. The summed E-state index contributed by atoms with van der Waals surface area (Å²) < 4.78 is 0. The van der Waals surface area contributed by atoms with Gasteiger partial charge in [0.05, 0.1) is 19.3 Å². The molecule has 4 atom stereocenters. The Hall–Kier alpha value is -2.97. The van der Waals surface area contributed by atoms with Crippen LogP contribution < -0.4 is 33.2 Å². The molecule has 3 amide bonds. The molecule has 0 aromatic heterocycles. The second-order valence-electron chi connectivity index (χ2n) is 7.57. The van der Waals surface area contributed by atoms with Crippen LogP contribution in [0, 0.1) is 5.92 Å². The van der Waals surface area contributed by atoms with Gasteiger partial charge < -0.3 is 48.5 Å². The van der Waals surface area contributed by atoms with Crippen LogP contribution in [0.4, 0.5) is 0 Å². The van der Waals surface area contributed by atoms with Gasteiger partial charge in [0.15, 0.2) is 5.96 Å². The molecule has 32 heavy (non-hydrogen) atoms. The Kier molecular flexibility index (Phi) is 13.5. The standard InChI is InChI=1S/C18H35N7O7/c1-9(2)6-11(23-14(28)10(19)4-3-5-22-18(20)21)15(29)24-12(7-26)16(30)25-13(8-27)17(31)32/h9-13,26-27H,3-8,19H2,1-2H3,(H,23,28)(H,24,29)(H,25,30)(H,31,32)(H4,20,21,22). The molecular formula is C18H35N7O7. The molecule has 4 unspecified atom stereocenters. The van der Waals surface area contributed by atoms with Crippen molar-refractivity contribution in [2.45, 2.75) is 57.3 Å². The Morgan fingerprint density at radius 2 is 1.38 bits per heavy atom. The lowest BCUT2D eigenvalue weighted by Gasteiger charge is -2.25. The number of aliphatic hydroxyl groups excluding tert-OH is 2. The fourth-order valence-corrected chi connectivity index (χ4v) is 2.56. The van der Waals surface area contributed by atoms with Crippen LogP contribution in [0.2, 0.25) is 0 Å². The number of nitrogens with zero attached hydrogens (tertiary/aromatic N) is 1. The number of nitrogens with one attached hydrogen (secondary N) is 3. The molecule has 0 aliphatic heterocycles. The Bertz CT molecular complexity index is 668. The van der Waals surface area contributed by atoms with E-state index in [4.69, 9.17) is 27.4 Å². The first kappa shape index (κ1) is 29.0. The van der Waals surface area contributed by atoms with Gasteiger partial charge in [-0.05, 0) is 25.2 Å². The Morgan fingerprint density at radius 1 is 0.875 bits per heavy atom. The van der Waals surface area contributed by atoms with Crippen LogP contribution in [0.5, 0.6) is 0 Å². The second kappa shape index (κ2) is 14.9. The highest BCUT2D eigenvalue weighted by molar-refractivity contribution is 5.94. The molecule has 0 bridgehead atoms. The molecule has 0 spiro atoms. The number of amides is 3. The Balaban J connectivity index is 5.07. The lowest BCUT2D eigenvalue weighted by Crippen LogP contribution is -2.58. The van der Waals surface area contributed by atoms with Crippen LogP contribution in [0.15, 0.2) is 4.99 Å². The summed E-state index contributed by atoms with van der Waals surface area (Å²) in [5.41, 5.74) is 16.3. The zero-order valence-corrected chi connectivity index (χ0v) is 18.3. The van der Waals surface area contributed by atoms with Gasteiger partial charge in [0.25, 0.3) is 0 Å². The van der Waals surface area contributed by atoms with Gasteiger partial charge in [0, 0.05) is 6.54 Å². The minimum Gasteiger partial charge on any atom is -0.480 e. The smallest absolute Gasteiger partial charge is 0.328 e. The van der Waals surface area contributed by atoms with Gasteiger partial charge in [-0.25, -0.2) is 4.79 Å². The molecule has 184 valence electrons. The first-order chi connectivity index (χ1) is 14.9. The van der Waals surface area contributed by atoms with Gasteiger partial charge in [-0.15, -0.1) is 0 Å². The van der Waals surface area contributed by atoms with Crippen molar-refractivity contribution in [2.24, 2.45) is 28.1 Å². The van der Waals surface area contributed by atoms with Crippen molar-refractivity contribution in [1.82, 2.24) is 16.0 Å². The fraction of sp³-hybridized carbons (Fsp3) is 0.722. The van der Waals surface area contributed by atoms with Gasteiger partial charge in [-0.3, -0.25) is 19.4 Å². The van der Waals surface area contributed by atoms with Crippen molar-refractivity contribution in [3.8, 4) is 0 Å². The zero-order valence-electron chi connectivity index (χ0n) is 18.3. The molecule has 0 aromatic carbocycles. The van der Waals surface area contributed by atoms with Crippen molar-refractivity contribution < 1.29 is 34.5 Å². The molecule has 0 fully saturated rings. The minimum absolute atomic E-state index is 0.0173. The summed E-state index contributed by atoms with van der Waals surface area (Å²) in [5, 5.41) is 34.1. The summed E-state index contributed by atoms with van der Waals surface area (Å²) in [6.45, 7) is 2.22. The molecule has 0 aliphatic carbocycles. The third kappa shape index (κ3) is 11.4. The van der Waals surface area contributed by atoms with E-state index in [2.05, 4.69) is 15.6 Å². The summed E-state index contributed by atoms with van der Waals surface area (Å²) in [6.07, 6.45) is 0.917. The molecule has 0 aliphatic rings. The maximum Gasteiger partial charge on any atom is 0.328 e. The average molecular weight is 462 g/mol. The number of aliphatic hydroxyl groups is 2. The normalized spacial score (nSPS) is 14.6. The Morgan fingerprint density at radius 3 is 1.84 bits per heavy atom. The predicted molar refractivity (Wildman–Crippen MR) is 115 cm³/mol. The largest absolute Gasteiger partial charge is 0.480 e. The van der Waals surface area contributed by atoms with Gasteiger partial charge in [-0.2, -0.15) is 0 Å². The number of carbonyl (C=O) groups excluding carboxylic acids is 3. The number of rotatable bonds is 15. The molecule has 0 saturated heterocycles. The number of hydrogen-bond acceptors (Lipinski definition) is 8. The first-order valence-electron chi connectivity index (χ1n) is 10.1. The first-order valence-corrected chi connectivity index (χ1v) is 10.1. The minimum atomic E-state index is -1.60. The number of nitrogens with two attached hydrogens (primary N) is 3. The van der Waals surface area contributed by atoms with E-state index in [9.17, 15) is 24.3 Å². The molecule has 0 rings (SSSR count). The number of hydrogen-bond donors (Lipinski definition) is 9. The monoisotopic (exact) mass is 461 g/mol. The number of carboxylic acids is 1. The summed E-state index contributed by atoms with van der Waals surface area (Å²) in [4.78, 5) is 51.9. The number of carbonyl (C=O) groups is 4. The number of carboxylic acid groups (broad SMARTS) is 1. The summed E-state index contributed by atoms with van der Waals surface area (Å²) in [6, 6.07) is -5.07.